The van der Waals surface area contributed by atoms with Crippen molar-refractivity contribution in [2.24, 2.45) is 0 Å². The number of fused-ring (bicyclic) bond motifs is 1. The molecule has 0 saturated carbocycles. The van der Waals surface area contributed by atoms with Crippen LogP contribution in [-0.4, -0.2) is 19.9 Å². The number of aromatic nitrogens is 4. The van der Waals surface area contributed by atoms with E-state index in [9.17, 15) is 0 Å². The van der Waals surface area contributed by atoms with E-state index in [0.29, 0.717) is 17.0 Å². The molecule has 58 valence electrons. The normalized spacial score (nSPS) is 9.75. The van der Waals surface area contributed by atoms with Crippen LogP contribution in [0.25, 0.3) is 11.2 Å². The summed E-state index contributed by atoms with van der Waals surface area (Å²) in [5.74, 6) is 0.317. The molecular formula is C5H5ClKN5. The molecule has 2 heterocycles. The van der Waals surface area contributed by atoms with Crippen molar-refractivity contribution in [3.8, 4) is 0 Å². The molecular weight excluding hydrogens is 205 g/mol. The summed E-state index contributed by atoms with van der Waals surface area (Å²) in [4.78, 5) is 14.2. The SMILES string of the molecule is Nc1nc(Cl)nc2nc[nH]c12.[H-].[K+]. The fourth-order valence-electron chi connectivity index (χ4n) is 0.828. The number of aromatic amines is 1. The Balaban J connectivity index is 0.000000720. The average Bonchev–Trinajstić information content (AvgIpc) is 2.34. The van der Waals surface area contributed by atoms with E-state index >= 15 is 0 Å². The van der Waals surface area contributed by atoms with E-state index in [4.69, 9.17) is 17.3 Å². The molecule has 2 rings (SSSR count). The predicted octanol–water partition coefficient (Wildman–Crippen LogP) is -2.29. The van der Waals surface area contributed by atoms with Crippen LogP contribution in [0.3, 0.4) is 0 Å². The third-order valence-corrected chi connectivity index (χ3v) is 1.46. The average molecular weight is 210 g/mol. The van der Waals surface area contributed by atoms with Crippen LogP contribution < -0.4 is 57.1 Å². The number of hydrogen-bond acceptors (Lipinski definition) is 4. The van der Waals surface area contributed by atoms with Crippen LogP contribution in [0.15, 0.2) is 6.33 Å². The molecule has 0 aromatic carbocycles. The molecule has 2 aromatic rings. The third kappa shape index (κ3) is 1.78. The van der Waals surface area contributed by atoms with Gasteiger partial charge in [-0.3, -0.25) is 0 Å². The van der Waals surface area contributed by atoms with Gasteiger partial charge in [-0.1, -0.05) is 0 Å². The van der Waals surface area contributed by atoms with Crippen molar-refractivity contribution in [1.29, 1.82) is 0 Å². The van der Waals surface area contributed by atoms with Gasteiger partial charge >= 0.3 is 51.4 Å². The fraction of sp³-hybridized carbons (Fsp3) is 0. The smallest absolute Gasteiger partial charge is 1.00 e. The number of halogens is 1. The molecule has 0 radical (unpaired) electrons. The van der Waals surface area contributed by atoms with Crippen molar-refractivity contribution in [3.63, 3.8) is 0 Å². The Morgan fingerprint density at radius 2 is 2.25 bits per heavy atom. The van der Waals surface area contributed by atoms with Crippen molar-refractivity contribution >= 4 is 28.6 Å². The van der Waals surface area contributed by atoms with Gasteiger partial charge in [0.2, 0.25) is 5.28 Å². The van der Waals surface area contributed by atoms with Crippen molar-refractivity contribution in [3.05, 3.63) is 11.6 Å². The maximum absolute atomic E-state index is 5.52. The summed E-state index contributed by atoms with van der Waals surface area (Å²) < 4.78 is 0. The molecule has 7 heteroatoms. The first kappa shape index (κ1) is 10.4. The Labute approximate surface area is 117 Å². The van der Waals surface area contributed by atoms with E-state index in [1.807, 2.05) is 0 Å². The van der Waals surface area contributed by atoms with Gasteiger partial charge in [0.25, 0.3) is 0 Å². The number of nitrogens with two attached hydrogens (primary N) is 1. The van der Waals surface area contributed by atoms with E-state index in [2.05, 4.69) is 19.9 Å². The van der Waals surface area contributed by atoms with Gasteiger partial charge < -0.3 is 12.1 Å². The molecule has 3 N–H and O–H groups in total. The van der Waals surface area contributed by atoms with Crippen LogP contribution in [0.5, 0.6) is 0 Å². The summed E-state index contributed by atoms with van der Waals surface area (Å²) in [5, 5.41) is 0.113. The number of H-pyrrole nitrogens is 1. The van der Waals surface area contributed by atoms with E-state index in [1.54, 1.807) is 0 Å². The predicted molar refractivity (Wildman–Crippen MR) is 42.2 cm³/mol. The maximum Gasteiger partial charge on any atom is 1.00 e. The van der Waals surface area contributed by atoms with Crippen LogP contribution in [0, 0.1) is 0 Å². The first-order valence-corrected chi connectivity index (χ1v) is 3.27. The molecule has 0 spiro atoms. The number of anilines is 1. The molecule has 0 saturated heterocycles. The first-order chi connectivity index (χ1) is 5.27. The molecule has 0 aliphatic heterocycles. The molecule has 0 atom stereocenters. The summed E-state index contributed by atoms with van der Waals surface area (Å²) in [6, 6.07) is 0. The second-order valence-electron chi connectivity index (χ2n) is 1.98. The van der Waals surface area contributed by atoms with Crippen molar-refractivity contribution < 1.29 is 52.8 Å². The summed E-state index contributed by atoms with van der Waals surface area (Å²) in [6.07, 6.45) is 1.49. The monoisotopic (exact) mass is 209 g/mol. The minimum absolute atomic E-state index is 0. The van der Waals surface area contributed by atoms with Gasteiger partial charge in [-0.2, -0.15) is 9.97 Å². The summed E-state index contributed by atoms with van der Waals surface area (Å²) >= 11 is 5.52. The number of nitrogens with zero attached hydrogens (tertiary/aromatic N) is 3. The van der Waals surface area contributed by atoms with Gasteiger partial charge in [-0.15, -0.1) is 0 Å². The third-order valence-electron chi connectivity index (χ3n) is 1.29. The van der Waals surface area contributed by atoms with Gasteiger partial charge in [-0.25, -0.2) is 4.98 Å². The van der Waals surface area contributed by atoms with E-state index in [1.165, 1.54) is 6.33 Å². The quantitative estimate of drug-likeness (QED) is 0.378. The standard InChI is InChI=1S/C5H4ClN5.K.H/c6-5-10-3(7)2-4(11-5)9-1-8-2;;/h1H,(H3,7,8,9,10,11);;/q;+1;-1. The minimum atomic E-state index is 0. The number of nitrogens with one attached hydrogen (secondary N) is 1. The zero-order chi connectivity index (χ0) is 7.84. The van der Waals surface area contributed by atoms with Crippen molar-refractivity contribution in [2.45, 2.75) is 0 Å². The van der Waals surface area contributed by atoms with Crippen LogP contribution in [0.2, 0.25) is 5.28 Å². The number of nitrogen functional groups attached to an aromatic ring is 1. The van der Waals surface area contributed by atoms with Crippen molar-refractivity contribution in [2.75, 3.05) is 5.73 Å². The molecule has 12 heavy (non-hydrogen) atoms. The van der Waals surface area contributed by atoms with Crippen molar-refractivity contribution in [1.82, 2.24) is 19.9 Å². The van der Waals surface area contributed by atoms with Gasteiger partial charge in [0, 0.05) is 0 Å². The summed E-state index contributed by atoms with van der Waals surface area (Å²) in [7, 11) is 0. The molecule has 0 amide bonds. The van der Waals surface area contributed by atoms with Crippen LogP contribution >= 0.6 is 11.6 Å². The van der Waals surface area contributed by atoms with Gasteiger partial charge in [0.1, 0.15) is 5.52 Å². The minimum Gasteiger partial charge on any atom is -1.00 e. The number of hydrogen-bond donors (Lipinski definition) is 2. The Kier molecular flexibility index (Phi) is 3.44. The molecule has 0 aliphatic rings. The zero-order valence-electron chi connectivity index (χ0n) is 7.37. The van der Waals surface area contributed by atoms with E-state index in [-0.39, 0.29) is 58.1 Å². The van der Waals surface area contributed by atoms with Crippen LogP contribution in [-0.2, 0) is 0 Å². The Hall–Kier alpha value is 0.276. The van der Waals surface area contributed by atoms with Gasteiger partial charge in [0.15, 0.2) is 11.5 Å². The summed E-state index contributed by atoms with van der Waals surface area (Å²) in [5.41, 5.74) is 6.60. The molecule has 0 unspecified atom stereocenters. The number of imidazole rings is 1. The maximum atomic E-state index is 5.52. The Morgan fingerprint density at radius 3 is 3.00 bits per heavy atom. The second-order valence-corrected chi connectivity index (χ2v) is 2.32. The molecule has 0 fully saturated rings. The van der Waals surface area contributed by atoms with E-state index < -0.39 is 0 Å². The molecule has 0 bridgehead atoms. The topological polar surface area (TPSA) is 80.5 Å². The van der Waals surface area contributed by atoms with Crippen LogP contribution in [0.1, 0.15) is 1.43 Å². The Morgan fingerprint density at radius 1 is 1.50 bits per heavy atom. The van der Waals surface area contributed by atoms with Gasteiger partial charge in [-0.05, 0) is 11.6 Å². The van der Waals surface area contributed by atoms with E-state index in [0.717, 1.165) is 0 Å². The fourth-order valence-corrected chi connectivity index (χ4v) is 0.999. The van der Waals surface area contributed by atoms with Gasteiger partial charge in [0.05, 0.1) is 6.33 Å². The molecule has 5 nitrogen and oxygen atoms in total. The second kappa shape index (κ2) is 3.99. The molecule has 2 aromatic heterocycles. The zero-order valence-corrected chi connectivity index (χ0v) is 10.3. The Bertz CT molecular complexity index is 405. The first-order valence-electron chi connectivity index (χ1n) is 2.89. The summed E-state index contributed by atoms with van der Waals surface area (Å²) in [6.45, 7) is 0. The number of rotatable bonds is 0. The molecule has 0 aliphatic carbocycles. The van der Waals surface area contributed by atoms with Crippen LogP contribution in [0.4, 0.5) is 5.82 Å². The largest absolute Gasteiger partial charge is 1.00 e.